The molecule has 1 aromatic heterocycles. The summed E-state index contributed by atoms with van der Waals surface area (Å²) in [6.07, 6.45) is 5.97. The van der Waals surface area contributed by atoms with Crippen LogP contribution in [0.2, 0.25) is 0 Å². The van der Waals surface area contributed by atoms with Crippen LogP contribution >= 0.6 is 0 Å². The van der Waals surface area contributed by atoms with Crippen LogP contribution in [-0.2, 0) is 16.1 Å². The number of fused-ring (bicyclic) bond motifs is 1. The average Bonchev–Trinajstić information content (AvgIpc) is 3.39. The van der Waals surface area contributed by atoms with E-state index < -0.39 is 0 Å². The van der Waals surface area contributed by atoms with E-state index in [2.05, 4.69) is 41.3 Å². The Labute approximate surface area is 171 Å². The molecular formula is C23H26N4O2. The van der Waals surface area contributed by atoms with Crippen molar-refractivity contribution in [3.63, 3.8) is 0 Å². The number of aromatic nitrogens is 1. The first kappa shape index (κ1) is 19.3. The number of carbonyl (C=O) groups excluding carboxylic acids is 1. The van der Waals surface area contributed by atoms with Gasteiger partial charge in [-0.2, -0.15) is 5.10 Å². The smallest absolute Gasteiger partial charge is 0.279 e. The van der Waals surface area contributed by atoms with Gasteiger partial charge in [-0.1, -0.05) is 24.3 Å². The number of rotatable bonds is 6. The van der Waals surface area contributed by atoms with Crippen molar-refractivity contribution in [3.05, 3.63) is 65.5 Å². The molecule has 1 aromatic carbocycles. The van der Waals surface area contributed by atoms with Crippen LogP contribution in [0.4, 0.5) is 5.69 Å². The Balaban J connectivity index is 1.58. The number of anilines is 1. The summed E-state index contributed by atoms with van der Waals surface area (Å²) in [4.78, 5) is 14.4. The van der Waals surface area contributed by atoms with Crippen molar-refractivity contribution >= 4 is 23.5 Å². The summed E-state index contributed by atoms with van der Waals surface area (Å²) in [5, 5.41) is 8.54. The second-order valence-electron chi connectivity index (χ2n) is 7.49. The van der Waals surface area contributed by atoms with E-state index in [-0.39, 0.29) is 12.0 Å². The number of hydrogen-bond donors (Lipinski definition) is 0. The minimum atomic E-state index is -0.146. The van der Waals surface area contributed by atoms with Crippen LogP contribution in [0.3, 0.4) is 0 Å². The van der Waals surface area contributed by atoms with Gasteiger partial charge in [-0.25, -0.2) is 0 Å². The highest BCUT2D eigenvalue weighted by Gasteiger charge is 2.33. The van der Waals surface area contributed by atoms with E-state index in [1.165, 1.54) is 5.69 Å². The summed E-state index contributed by atoms with van der Waals surface area (Å²) in [6, 6.07) is 9.74. The maximum atomic E-state index is 12.8. The fourth-order valence-corrected chi connectivity index (χ4v) is 4.05. The number of para-hydroxylation sites is 1. The fourth-order valence-electron chi connectivity index (χ4n) is 4.05. The van der Waals surface area contributed by atoms with E-state index in [1.54, 1.807) is 17.2 Å². The number of carbonyl (C=O) groups is 1. The van der Waals surface area contributed by atoms with Crippen LogP contribution in [0.25, 0.3) is 0 Å². The van der Waals surface area contributed by atoms with Gasteiger partial charge in [0.2, 0.25) is 0 Å². The molecule has 150 valence electrons. The predicted octanol–water partition coefficient (Wildman–Crippen LogP) is 3.64. The number of ether oxygens (including phenoxy) is 1. The van der Waals surface area contributed by atoms with E-state index in [0.717, 1.165) is 48.5 Å². The van der Waals surface area contributed by atoms with Gasteiger partial charge < -0.3 is 14.2 Å². The zero-order chi connectivity index (χ0) is 20.4. The van der Waals surface area contributed by atoms with E-state index >= 15 is 0 Å². The third kappa shape index (κ3) is 3.68. The van der Waals surface area contributed by atoms with Crippen LogP contribution in [0.1, 0.15) is 35.4 Å². The van der Waals surface area contributed by atoms with Crippen LogP contribution in [-0.4, -0.2) is 41.7 Å². The van der Waals surface area contributed by atoms with Gasteiger partial charge in [-0.3, -0.25) is 4.79 Å². The SMILES string of the molecule is C=CCN1C(=O)/C(=N/N=C\c2cc(C)n(C[C@H]3CCCO3)c2C)c2ccccc21. The first-order valence-corrected chi connectivity index (χ1v) is 10.0. The molecule has 1 saturated heterocycles. The molecule has 6 heteroatoms. The summed E-state index contributed by atoms with van der Waals surface area (Å²) in [5.41, 5.74) is 5.33. The Hall–Kier alpha value is -2.99. The molecule has 2 aliphatic rings. The number of nitrogens with zero attached hydrogens (tertiary/aromatic N) is 4. The van der Waals surface area contributed by atoms with Crippen LogP contribution in [0.5, 0.6) is 0 Å². The molecule has 0 unspecified atom stereocenters. The summed E-state index contributed by atoms with van der Waals surface area (Å²) in [6.45, 7) is 10.1. The minimum absolute atomic E-state index is 0.146. The van der Waals surface area contributed by atoms with Gasteiger partial charge in [0.05, 0.1) is 18.0 Å². The lowest BCUT2D eigenvalue weighted by molar-refractivity contribution is -0.112. The molecule has 2 aromatic rings. The van der Waals surface area contributed by atoms with E-state index in [1.807, 2.05) is 24.3 Å². The predicted molar refractivity (Wildman–Crippen MR) is 116 cm³/mol. The summed E-state index contributed by atoms with van der Waals surface area (Å²) in [7, 11) is 0. The molecule has 0 saturated carbocycles. The third-order valence-electron chi connectivity index (χ3n) is 5.59. The molecular weight excluding hydrogens is 364 g/mol. The Morgan fingerprint density at radius 1 is 1.31 bits per heavy atom. The number of amides is 1. The maximum Gasteiger partial charge on any atom is 0.279 e. The summed E-state index contributed by atoms with van der Waals surface area (Å²) in [5.74, 6) is -0.146. The van der Waals surface area contributed by atoms with Gasteiger partial charge >= 0.3 is 0 Å². The van der Waals surface area contributed by atoms with Crippen molar-refractivity contribution in [2.24, 2.45) is 10.2 Å². The molecule has 0 spiro atoms. The minimum Gasteiger partial charge on any atom is -0.376 e. The Morgan fingerprint density at radius 2 is 2.14 bits per heavy atom. The first-order chi connectivity index (χ1) is 14.1. The van der Waals surface area contributed by atoms with Gasteiger partial charge in [0.15, 0.2) is 5.71 Å². The molecule has 29 heavy (non-hydrogen) atoms. The topological polar surface area (TPSA) is 59.2 Å². The van der Waals surface area contributed by atoms with Crippen molar-refractivity contribution in [1.29, 1.82) is 0 Å². The monoisotopic (exact) mass is 390 g/mol. The maximum absolute atomic E-state index is 12.8. The lowest BCUT2D eigenvalue weighted by atomic mass is 10.1. The zero-order valence-electron chi connectivity index (χ0n) is 17.0. The molecule has 4 rings (SSSR count). The van der Waals surface area contributed by atoms with Gasteiger partial charge in [-0.15, -0.1) is 11.7 Å². The molecule has 1 amide bonds. The highest BCUT2D eigenvalue weighted by molar-refractivity contribution is 6.54. The van der Waals surface area contributed by atoms with Crippen LogP contribution in [0, 0.1) is 13.8 Å². The Morgan fingerprint density at radius 3 is 2.90 bits per heavy atom. The standard InChI is InChI=1S/C23H26N4O2/c1-4-11-26-21-10-6-5-9-20(21)22(23(26)28)25-24-14-18-13-16(2)27(17(18)3)15-19-8-7-12-29-19/h4-6,9-10,13-14,19H,1,7-8,11-12,15H2,2-3H3/b24-14-,25-22+/t19-/m1/s1. The van der Waals surface area contributed by atoms with Crippen LogP contribution < -0.4 is 4.90 Å². The van der Waals surface area contributed by atoms with Gasteiger partial charge in [0, 0.05) is 42.2 Å². The number of aryl methyl sites for hydroxylation is 1. The molecule has 6 nitrogen and oxygen atoms in total. The second-order valence-corrected chi connectivity index (χ2v) is 7.49. The van der Waals surface area contributed by atoms with Crippen molar-refractivity contribution in [2.75, 3.05) is 18.1 Å². The first-order valence-electron chi connectivity index (χ1n) is 10.0. The van der Waals surface area contributed by atoms with Crippen molar-refractivity contribution in [3.8, 4) is 0 Å². The average molecular weight is 390 g/mol. The molecule has 2 aliphatic heterocycles. The van der Waals surface area contributed by atoms with E-state index in [4.69, 9.17) is 4.74 Å². The second kappa shape index (κ2) is 8.17. The lowest BCUT2D eigenvalue weighted by Crippen LogP contribution is -2.30. The van der Waals surface area contributed by atoms with E-state index in [9.17, 15) is 4.79 Å². The van der Waals surface area contributed by atoms with Gasteiger partial charge in [-0.05, 0) is 38.8 Å². The van der Waals surface area contributed by atoms with Crippen molar-refractivity contribution in [1.82, 2.24) is 4.57 Å². The Kier molecular flexibility index (Phi) is 5.45. The molecule has 0 N–H and O–H groups in total. The quantitative estimate of drug-likeness (QED) is 0.430. The highest BCUT2D eigenvalue weighted by Crippen LogP contribution is 2.29. The summed E-state index contributed by atoms with van der Waals surface area (Å²) >= 11 is 0. The van der Waals surface area contributed by atoms with Crippen molar-refractivity contribution in [2.45, 2.75) is 39.3 Å². The molecule has 0 bridgehead atoms. The molecule has 3 heterocycles. The third-order valence-corrected chi connectivity index (χ3v) is 5.59. The largest absolute Gasteiger partial charge is 0.376 e. The molecule has 0 radical (unpaired) electrons. The fraction of sp³-hybridized carbons (Fsp3) is 0.348. The molecule has 1 fully saturated rings. The molecule has 0 aliphatic carbocycles. The summed E-state index contributed by atoms with van der Waals surface area (Å²) < 4.78 is 8.04. The van der Waals surface area contributed by atoms with Crippen molar-refractivity contribution < 1.29 is 9.53 Å². The highest BCUT2D eigenvalue weighted by atomic mass is 16.5. The van der Waals surface area contributed by atoms with Gasteiger partial charge in [0.1, 0.15) is 0 Å². The van der Waals surface area contributed by atoms with Gasteiger partial charge in [0.25, 0.3) is 5.91 Å². The van der Waals surface area contributed by atoms with E-state index in [0.29, 0.717) is 12.3 Å². The normalized spacial score (nSPS) is 20.2. The Bertz CT molecular complexity index is 996. The zero-order valence-corrected chi connectivity index (χ0v) is 17.0. The van der Waals surface area contributed by atoms with Crippen LogP contribution in [0.15, 0.2) is 53.2 Å². The molecule has 1 atom stereocenters. The number of hydrogen-bond acceptors (Lipinski definition) is 4. The lowest BCUT2D eigenvalue weighted by Gasteiger charge is -2.14. The number of benzene rings is 1.